The summed E-state index contributed by atoms with van der Waals surface area (Å²) in [5, 5.41) is 13.4. The number of hydrogen-bond acceptors (Lipinski definition) is 6. The lowest BCUT2D eigenvalue weighted by Gasteiger charge is -2.20. The number of fused-ring (bicyclic) bond motifs is 1. The van der Waals surface area contributed by atoms with Crippen molar-refractivity contribution in [3.05, 3.63) is 100.0 Å². The first-order valence-corrected chi connectivity index (χ1v) is 14.9. The maximum absolute atomic E-state index is 14.0. The van der Waals surface area contributed by atoms with Gasteiger partial charge < -0.3 is 14.7 Å². The molecule has 7 nitrogen and oxygen atoms in total. The number of carboxylic acid groups (broad SMARTS) is 1. The van der Waals surface area contributed by atoms with Gasteiger partial charge in [0, 0.05) is 34.7 Å². The van der Waals surface area contributed by atoms with Crippen molar-refractivity contribution in [1.82, 2.24) is 9.97 Å². The van der Waals surface area contributed by atoms with Gasteiger partial charge in [0.15, 0.2) is 6.10 Å². The van der Waals surface area contributed by atoms with E-state index in [2.05, 4.69) is 15.1 Å². The molecule has 0 radical (unpaired) electrons. The number of aromatic carboxylic acids is 1. The van der Waals surface area contributed by atoms with Crippen LogP contribution in [0.1, 0.15) is 68.9 Å². The molecular formula is C34H24F9N3O4. The van der Waals surface area contributed by atoms with Crippen LogP contribution in [0.3, 0.4) is 0 Å². The van der Waals surface area contributed by atoms with Crippen LogP contribution < -0.4 is 4.74 Å². The summed E-state index contributed by atoms with van der Waals surface area (Å²) in [6.07, 6.45) is -14.8. The summed E-state index contributed by atoms with van der Waals surface area (Å²) in [6.45, 7) is 1.67. The van der Waals surface area contributed by atoms with Crippen LogP contribution in [0, 0.1) is 12.8 Å². The molecule has 2 aromatic carbocycles. The summed E-state index contributed by atoms with van der Waals surface area (Å²) in [5.41, 5.74) is -2.74. The third-order valence-electron chi connectivity index (χ3n) is 8.74. The van der Waals surface area contributed by atoms with Gasteiger partial charge in [0.25, 0.3) is 0 Å². The Kier molecular flexibility index (Phi) is 8.55. The minimum Gasteiger partial charge on any atom is -0.481 e. The molecule has 2 aromatic heterocycles. The van der Waals surface area contributed by atoms with E-state index in [0.717, 1.165) is 6.07 Å². The lowest BCUT2D eigenvalue weighted by molar-refractivity contribution is -0.143. The van der Waals surface area contributed by atoms with Crippen LogP contribution in [0.15, 0.2) is 65.9 Å². The fourth-order valence-corrected chi connectivity index (χ4v) is 6.44. The molecule has 1 unspecified atom stereocenters. The minimum atomic E-state index is -5.11. The highest BCUT2D eigenvalue weighted by atomic mass is 19.4. The molecule has 2 aliphatic rings. The predicted molar refractivity (Wildman–Crippen MR) is 159 cm³/mol. The molecule has 6 rings (SSSR count). The Hall–Kier alpha value is -5.15. The fourth-order valence-electron chi connectivity index (χ4n) is 6.44. The Labute approximate surface area is 277 Å². The number of halogens is 9. The number of rotatable bonds is 6. The zero-order valence-electron chi connectivity index (χ0n) is 25.8. The van der Waals surface area contributed by atoms with Crippen molar-refractivity contribution in [3.8, 4) is 28.1 Å². The van der Waals surface area contributed by atoms with Crippen LogP contribution in [0.25, 0.3) is 22.3 Å². The van der Waals surface area contributed by atoms with Crippen LogP contribution in [0.5, 0.6) is 5.88 Å². The number of benzene rings is 2. The smallest absolute Gasteiger partial charge is 0.433 e. The molecule has 262 valence electrons. The normalized spacial score (nSPS) is 19.2. The lowest BCUT2D eigenvalue weighted by atomic mass is 9.88. The summed E-state index contributed by atoms with van der Waals surface area (Å²) in [5.74, 6) is -2.97. The maximum atomic E-state index is 14.0. The van der Waals surface area contributed by atoms with E-state index in [9.17, 15) is 49.4 Å². The van der Waals surface area contributed by atoms with Gasteiger partial charge in [-0.15, -0.1) is 0 Å². The van der Waals surface area contributed by atoms with E-state index in [1.165, 1.54) is 31.5 Å². The Morgan fingerprint density at radius 1 is 0.840 bits per heavy atom. The van der Waals surface area contributed by atoms with E-state index in [4.69, 9.17) is 9.57 Å². The van der Waals surface area contributed by atoms with Crippen molar-refractivity contribution in [1.29, 1.82) is 0 Å². The first kappa shape index (κ1) is 34.7. The molecule has 0 saturated heterocycles. The number of alkyl halides is 9. The predicted octanol–water partition coefficient (Wildman–Crippen LogP) is 9.50. The molecule has 0 spiro atoms. The summed E-state index contributed by atoms with van der Waals surface area (Å²) in [4.78, 5) is 25.2. The number of aromatic nitrogens is 2. The van der Waals surface area contributed by atoms with Crippen LogP contribution in [-0.4, -0.2) is 33.9 Å². The number of ether oxygens (including phenoxy) is 1. The summed E-state index contributed by atoms with van der Waals surface area (Å²) in [7, 11) is 1.30. The highest BCUT2D eigenvalue weighted by molar-refractivity contribution is 5.97. The van der Waals surface area contributed by atoms with Crippen molar-refractivity contribution < 1.29 is 59.0 Å². The van der Waals surface area contributed by atoms with Crippen LogP contribution in [-0.2, 0) is 23.4 Å². The number of methoxy groups -OCH3 is 1. The number of carboxylic acids is 1. The SMILES string of the molecule is COc1ncc(-c2ccc(C(=O)O)cc2C)cc1-c1ccc(C(F)(F)F)nc1[C@@H]1CC[C@@H]2C1=NOC2c1cc(C(F)(F)F)cc(C(F)(F)F)c1. The second-order valence-electron chi connectivity index (χ2n) is 11.9. The standard InChI is InChI=1S/C34H24F9N3O4/c1-15-9-16(31(47)48)3-4-21(15)18-12-25(30(49-2)44-14-18)22-7-8-26(34(41,42)43)45-27(22)23-5-6-24-28(23)46-50-29(24)17-10-19(32(35,36)37)13-20(11-17)33(38,39)40/h3-4,7-14,23-24,29H,5-6H2,1-2H3,(H,47,48)/t23-,24+,29?/m0/s1. The monoisotopic (exact) mass is 709 g/mol. The van der Waals surface area contributed by atoms with Crippen molar-refractivity contribution in [2.24, 2.45) is 11.1 Å². The zero-order valence-corrected chi connectivity index (χ0v) is 25.8. The Morgan fingerprint density at radius 2 is 1.50 bits per heavy atom. The topological polar surface area (TPSA) is 93.9 Å². The molecule has 1 fully saturated rings. The summed E-state index contributed by atoms with van der Waals surface area (Å²) in [6, 6.07) is 9.01. The van der Waals surface area contributed by atoms with E-state index in [0.29, 0.717) is 28.8 Å². The molecule has 3 heterocycles. The molecule has 50 heavy (non-hydrogen) atoms. The number of nitrogens with zero attached hydrogens (tertiary/aromatic N) is 3. The van der Waals surface area contributed by atoms with Gasteiger partial charge in [-0.05, 0) is 78.9 Å². The van der Waals surface area contributed by atoms with Gasteiger partial charge in [0.2, 0.25) is 5.88 Å². The zero-order chi connectivity index (χ0) is 36.3. The third kappa shape index (κ3) is 6.45. The second-order valence-corrected chi connectivity index (χ2v) is 11.9. The van der Waals surface area contributed by atoms with Gasteiger partial charge in [-0.25, -0.2) is 14.8 Å². The fraction of sp³-hybridized carbons (Fsp3) is 0.294. The third-order valence-corrected chi connectivity index (χ3v) is 8.74. The van der Waals surface area contributed by atoms with Crippen LogP contribution in [0.4, 0.5) is 39.5 Å². The largest absolute Gasteiger partial charge is 0.481 e. The summed E-state index contributed by atoms with van der Waals surface area (Å²) < 4.78 is 129. The maximum Gasteiger partial charge on any atom is 0.433 e. The van der Waals surface area contributed by atoms with Crippen LogP contribution in [0.2, 0.25) is 0 Å². The van der Waals surface area contributed by atoms with Gasteiger partial charge in [0.1, 0.15) is 5.69 Å². The van der Waals surface area contributed by atoms with Crippen molar-refractivity contribution in [2.45, 2.75) is 50.3 Å². The van der Waals surface area contributed by atoms with E-state index >= 15 is 0 Å². The van der Waals surface area contributed by atoms with E-state index in [1.54, 1.807) is 19.1 Å². The number of aryl methyl sites for hydroxylation is 1. The average molecular weight is 710 g/mol. The molecule has 16 heteroatoms. The minimum absolute atomic E-state index is 0.00590. The molecular weight excluding hydrogens is 685 g/mol. The number of hydrogen-bond donors (Lipinski definition) is 1. The first-order chi connectivity index (χ1) is 23.4. The lowest BCUT2D eigenvalue weighted by Crippen LogP contribution is -2.19. The number of carbonyl (C=O) groups is 1. The molecule has 1 aliphatic heterocycles. The highest BCUT2D eigenvalue weighted by Gasteiger charge is 2.48. The quantitative estimate of drug-likeness (QED) is 0.201. The van der Waals surface area contributed by atoms with E-state index in [-0.39, 0.29) is 52.9 Å². The average Bonchev–Trinajstić information content (AvgIpc) is 3.65. The summed E-state index contributed by atoms with van der Waals surface area (Å²) >= 11 is 0. The van der Waals surface area contributed by atoms with Crippen LogP contribution >= 0.6 is 0 Å². The molecule has 1 aliphatic carbocycles. The molecule has 0 bridgehead atoms. The Morgan fingerprint density at radius 3 is 2.08 bits per heavy atom. The van der Waals surface area contributed by atoms with Crippen molar-refractivity contribution in [2.75, 3.05) is 7.11 Å². The van der Waals surface area contributed by atoms with Crippen molar-refractivity contribution >= 4 is 11.7 Å². The van der Waals surface area contributed by atoms with Gasteiger partial charge >= 0.3 is 24.5 Å². The highest BCUT2D eigenvalue weighted by Crippen LogP contribution is 2.51. The van der Waals surface area contributed by atoms with Gasteiger partial charge in [-0.1, -0.05) is 17.3 Å². The van der Waals surface area contributed by atoms with Crippen molar-refractivity contribution in [3.63, 3.8) is 0 Å². The Balaban J connectivity index is 1.44. The first-order valence-electron chi connectivity index (χ1n) is 14.9. The van der Waals surface area contributed by atoms with E-state index in [1.807, 2.05) is 0 Å². The second kappa shape index (κ2) is 12.3. The van der Waals surface area contributed by atoms with E-state index < -0.39 is 64.8 Å². The molecule has 4 aromatic rings. The Bertz CT molecular complexity index is 1990. The molecule has 3 atom stereocenters. The molecule has 1 saturated carbocycles. The van der Waals surface area contributed by atoms with Gasteiger partial charge in [-0.2, -0.15) is 39.5 Å². The number of pyridine rings is 2. The molecule has 0 amide bonds. The van der Waals surface area contributed by atoms with Gasteiger partial charge in [0.05, 0.1) is 35.2 Å². The van der Waals surface area contributed by atoms with Gasteiger partial charge in [-0.3, -0.25) is 0 Å². The molecule has 1 N–H and O–H groups in total. The number of oxime groups is 1.